The molecule has 0 fully saturated rings. The highest BCUT2D eigenvalue weighted by molar-refractivity contribution is 7.92. The van der Waals surface area contributed by atoms with Crippen molar-refractivity contribution >= 4 is 21.2 Å². The van der Waals surface area contributed by atoms with Crippen LogP contribution in [0.2, 0.25) is 0 Å². The Labute approximate surface area is 173 Å². The van der Waals surface area contributed by atoms with Gasteiger partial charge in [0.05, 0.1) is 21.5 Å². The van der Waals surface area contributed by atoms with Crippen LogP contribution in [0, 0.1) is 11.3 Å². The van der Waals surface area contributed by atoms with Crippen molar-refractivity contribution in [3.05, 3.63) is 95.9 Å². The summed E-state index contributed by atoms with van der Waals surface area (Å²) in [6, 6.07) is 29.0. The Morgan fingerprint density at radius 2 is 1.31 bits per heavy atom. The summed E-state index contributed by atoms with van der Waals surface area (Å²) in [6.45, 7) is 0. The zero-order chi connectivity index (χ0) is 20.3. The zero-order valence-electron chi connectivity index (χ0n) is 15.3. The molecule has 1 aromatic heterocycles. The van der Waals surface area contributed by atoms with Gasteiger partial charge in [-0.05, 0) is 12.1 Å². The van der Waals surface area contributed by atoms with Crippen LogP contribution in [-0.4, -0.2) is 13.4 Å². The van der Waals surface area contributed by atoms with Crippen molar-refractivity contribution < 1.29 is 8.42 Å². The number of benzene rings is 3. The Balaban J connectivity index is 1.92. The molecule has 4 rings (SSSR count). The van der Waals surface area contributed by atoms with Crippen LogP contribution in [0.15, 0.2) is 95.9 Å². The van der Waals surface area contributed by atoms with Crippen LogP contribution >= 0.6 is 11.3 Å². The van der Waals surface area contributed by atoms with Crippen LogP contribution in [0.1, 0.15) is 10.1 Å². The molecule has 0 saturated carbocycles. The molecule has 0 N–H and O–H groups in total. The van der Waals surface area contributed by atoms with Gasteiger partial charge in [-0.1, -0.05) is 78.9 Å². The van der Waals surface area contributed by atoms with Crippen LogP contribution in [0.25, 0.3) is 21.8 Å². The number of aromatic nitrogens is 1. The fourth-order valence-corrected chi connectivity index (χ4v) is 5.92. The van der Waals surface area contributed by atoms with Crippen LogP contribution in [0.3, 0.4) is 0 Å². The second-order valence-corrected chi connectivity index (χ2v) is 9.39. The van der Waals surface area contributed by atoms with Gasteiger partial charge in [0.25, 0.3) is 0 Å². The van der Waals surface area contributed by atoms with Gasteiger partial charge in [0.15, 0.2) is 15.1 Å². The van der Waals surface area contributed by atoms with Gasteiger partial charge in [0, 0.05) is 11.1 Å². The van der Waals surface area contributed by atoms with E-state index < -0.39 is 15.1 Å². The molecule has 4 aromatic rings. The number of thiazole rings is 1. The van der Waals surface area contributed by atoms with E-state index >= 15 is 0 Å². The Morgan fingerprint density at radius 1 is 0.793 bits per heavy atom. The normalized spacial score (nSPS) is 12.2. The third-order valence-corrected chi connectivity index (χ3v) is 7.67. The van der Waals surface area contributed by atoms with E-state index in [4.69, 9.17) is 4.98 Å². The summed E-state index contributed by atoms with van der Waals surface area (Å²) in [5.74, 6) is 0. The first-order valence-electron chi connectivity index (χ1n) is 8.91. The molecule has 0 amide bonds. The van der Waals surface area contributed by atoms with Gasteiger partial charge >= 0.3 is 0 Å². The molecular formula is C23H16N2O2S2. The molecule has 0 spiro atoms. The fourth-order valence-electron chi connectivity index (χ4n) is 3.03. The van der Waals surface area contributed by atoms with E-state index in [-0.39, 0.29) is 4.90 Å². The van der Waals surface area contributed by atoms with Crippen LogP contribution in [0.5, 0.6) is 0 Å². The molecule has 1 atom stereocenters. The summed E-state index contributed by atoms with van der Waals surface area (Å²) in [7, 11) is -3.89. The summed E-state index contributed by atoms with van der Waals surface area (Å²) in [6.07, 6.45) is 0. The molecule has 0 bridgehead atoms. The van der Waals surface area contributed by atoms with E-state index in [1.54, 1.807) is 18.2 Å². The summed E-state index contributed by atoms with van der Waals surface area (Å²) in [4.78, 5) is 5.29. The molecule has 0 aliphatic carbocycles. The van der Waals surface area contributed by atoms with Crippen molar-refractivity contribution in [2.45, 2.75) is 10.1 Å². The fraction of sp³-hybridized carbons (Fsp3) is 0.0435. The van der Waals surface area contributed by atoms with Crippen molar-refractivity contribution in [1.82, 2.24) is 4.98 Å². The van der Waals surface area contributed by atoms with Gasteiger partial charge in [-0.25, -0.2) is 13.4 Å². The van der Waals surface area contributed by atoms with E-state index in [0.717, 1.165) is 11.1 Å². The van der Waals surface area contributed by atoms with Gasteiger partial charge in [0.2, 0.25) is 0 Å². The Kier molecular flexibility index (Phi) is 5.26. The first kappa shape index (κ1) is 19.1. The summed E-state index contributed by atoms with van der Waals surface area (Å²) in [5, 5.41) is 9.22. The lowest BCUT2D eigenvalue weighted by molar-refractivity contribution is 0.591. The lowest BCUT2D eigenvalue weighted by Gasteiger charge is -2.11. The Hall–Kier alpha value is -3.27. The topological polar surface area (TPSA) is 70.8 Å². The maximum Gasteiger partial charge on any atom is 0.199 e. The quantitative estimate of drug-likeness (QED) is 0.430. The zero-order valence-corrected chi connectivity index (χ0v) is 16.9. The molecule has 4 nitrogen and oxygen atoms in total. The van der Waals surface area contributed by atoms with E-state index in [1.807, 2.05) is 66.7 Å². The van der Waals surface area contributed by atoms with Gasteiger partial charge in [0.1, 0.15) is 5.01 Å². The van der Waals surface area contributed by atoms with Crippen molar-refractivity contribution in [3.63, 3.8) is 0 Å². The maximum absolute atomic E-state index is 13.2. The molecule has 3 aromatic carbocycles. The molecule has 0 saturated heterocycles. The minimum atomic E-state index is -3.89. The molecule has 0 aliphatic heterocycles. The summed E-state index contributed by atoms with van der Waals surface area (Å²) >= 11 is 1.25. The van der Waals surface area contributed by atoms with E-state index in [2.05, 4.69) is 0 Å². The number of hydrogen-bond donors (Lipinski definition) is 0. The maximum atomic E-state index is 13.2. The smallest absolute Gasteiger partial charge is 0.199 e. The van der Waals surface area contributed by atoms with E-state index in [0.29, 0.717) is 15.6 Å². The highest BCUT2D eigenvalue weighted by Gasteiger charge is 2.34. The molecule has 1 unspecified atom stereocenters. The number of nitrogens with zero attached hydrogens (tertiary/aromatic N) is 2. The van der Waals surface area contributed by atoms with E-state index in [9.17, 15) is 13.7 Å². The minimum Gasteiger partial charge on any atom is -0.236 e. The first-order chi connectivity index (χ1) is 14.1. The molecule has 6 heteroatoms. The number of hydrogen-bond acceptors (Lipinski definition) is 5. The molecular weight excluding hydrogens is 400 g/mol. The number of sulfone groups is 1. The third kappa shape index (κ3) is 3.70. The highest BCUT2D eigenvalue weighted by atomic mass is 32.2. The predicted molar refractivity (Wildman–Crippen MR) is 115 cm³/mol. The van der Waals surface area contributed by atoms with Crippen LogP contribution in [-0.2, 0) is 9.84 Å². The SMILES string of the molecule is N#CC(c1sc(-c2ccccc2)nc1-c1ccccc1)S(=O)(=O)c1ccccc1. The second kappa shape index (κ2) is 8.00. The standard InChI is InChI=1S/C23H16N2O2S2/c24-16-20(29(26,27)19-14-8-3-9-15-19)22-21(17-10-4-1-5-11-17)25-23(28-22)18-12-6-2-7-13-18/h1-15,20H. The number of rotatable bonds is 5. The van der Waals surface area contributed by atoms with Crippen molar-refractivity contribution in [1.29, 1.82) is 5.26 Å². The van der Waals surface area contributed by atoms with Gasteiger partial charge in [-0.2, -0.15) is 5.26 Å². The lowest BCUT2D eigenvalue weighted by Crippen LogP contribution is -2.12. The van der Waals surface area contributed by atoms with Crippen LogP contribution in [0.4, 0.5) is 0 Å². The predicted octanol–water partition coefficient (Wildman–Crippen LogP) is 5.52. The molecule has 142 valence electrons. The van der Waals surface area contributed by atoms with Crippen molar-refractivity contribution in [2.75, 3.05) is 0 Å². The number of nitriles is 1. The molecule has 1 heterocycles. The minimum absolute atomic E-state index is 0.125. The van der Waals surface area contributed by atoms with Crippen molar-refractivity contribution in [3.8, 4) is 27.9 Å². The first-order valence-corrected chi connectivity index (χ1v) is 11.3. The average molecular weight is 417 g/mol. The Morgan fingerprint density at radius 3 is 1.86 bits per heavy atom. The third-order valence-electron chi connectivity index (χ3n) is 4.46. The average Bonchev–Trinajstić information content (AvgIpc) is 3.21. The molecule has 29 heavy (non-hydrogen) atoms. The lowest BCUT2D eigenvalue weighted by atomic mass is 10.1. The second-order valence-electron chi connectivity index (χ2n) is 6.33. The highest BCUT2D eigenvalue weighted by Crippen LogP contribution is 2.41. The monoisotopic (exact) mass is 416 g/mol. The molecule has 0 aliphatic rings. The van der Waals surface area contributed by atoms with Gasteiger partial charge < -0.3 is 0 Å². The Bertz CT molecular complexity index is 1260. The largest absolute Gasteiger partial charge is 0.236 e. The van der Waals surface area contributed by atoms with Gasteiger partial charge in [-0.3, -0.25) is 0 Å². The van der Waals surface area contributed by atoms with Crippen molar-refractivity contribution in [2.24, 2.45) is 0 Å². The molecule has 0 radical (unpaired) electrons. The van der Waals surface area contributed by atoms with E-state index in [1.165, 1.54) is 23.5 Å². The van der Waals surface area contributed by atoms with Gasteiger partial charge in [-0.15, -0.1) is 11.3 Å². The van der Waals surface area contributed by atoms with Crippen LogP contribution < -0.4 is 0 Å². The summed E-state index contributed by atoms with van der Waals surface area (Å²) < 4.78 is 26.5. The summed E-state index contributed by atoms with van der Waals surface area (Å²) in [5.41, 5.74) is 2.19.